The van der Waals surface area contributed by atoms with Gasteiger partial charge in [0.2, 0.25) is 0 Å². The molecule has 0 aromatic heterocycles. The fourth-order valence-corrected chi connectivity index (χ4v) is 4.38. The van der Waals surface area contributed by atoms with Gasteiger partial charge in [0.15, 0.2) is 6.10 Å². The smallest absolute Gasteiger partial charge is 0.265 e. The Bertz CT molecular complexity index is 956. The van der Waals surface area contributed by atoms with E-state index in [2.05, 4.69) is 12.2 Å². The topological polar surface area (TPSA) is 84.6 Å². The number of nitrogens with one attached hydrogen (secondary N) is 1. The first kappa shape index (κ1) is 29.8. The van der Waals surface area contributed by atoms with E-state index in [1.807, 2.05) is 26.8 Å². The van der Waals surface area contributed by atoms with Crippen LogP contribution in [0.15, 0.2) is 36.4 Å². The van der Waals surface area contributed by atoms with Gasteiger partial charge in [0.05, 0.1) is 10.7 Å². The second kappa shape index (κ2) is 15.0. The van der Waals surface area contributed by atoms with E-state index in [1.165, 1.54) is 51.4 Å². The standard InChI is InChI=1S/C30H45ClN2O3/c1-5-6-7-8-9-10-11-12-13-14-15-28(29(35)33-22-16-18-25(31)26(32)20-22)36-23-17-19-27(34)24(21-23)30(2,3)4/h16-21,28,34H,5-15,32H2,1-4H3,(H,33,35). The average Bonchev–Trinajstić information content (AvgIpc) is 2.82. The molecule has 1 amide bonds. The lowest BCUT2D eigenvalue weighted by molar-refractivity contribution is -0.123. The number of hydrogen-bond acceptors (Lipinski definition) is 4. The van der Waals surface area contributed by atoms with Crippen molar-refractivity contribution in [2.24, 2.45) is 0 Å². The first-order chi connectivity index (χ1) is 17.1. The van der Waals surface area contributed by atoms with E-state index in [1.54, 1.807) is 30.3 Å². The summed E-state index contributed by atoms with van der Waals surface area (Å²) in [4.78, 5) is 13.2. The highest BCUT2D eigenvalue weighted by molar-refractivity contribution is 6.33. The Balaban J connectivity index is 1.99. The molecule has 6 heteroatoms. The van der Waals surface area contributed by atoms with Gasteiger partial charge in [-0.3, -0.25) is 4.79 Å². The van der Waals surface area contributed by atoms with E-state index in [4.69, 9.17) is 22.1 Å². The largest absolute Gasteiger partial charge is 0.508 e. The zero-order chi connectivity index (χ0) is 26.6. The number of phenolic OH excluding ortho intramolecular Hbond substituents is 1. The van der Waals surface area contributed by atoms with E-state index in [9.17, 15) is 9.90 Å². The zero-order valence-corrected chi connectivity index (χ0v) is 23.3. The number of carbonyl (C=O) groups is 1. The highest BCUT2D eigenvalue weighted by Crippen LogP contribution is 2.34. The Labute approximate surface area is 222 Å². The molecule has 0 bridgehead atoms. The Hall–Kier alpha value is -2.40. The van der Waals surface area contributed by atoms with Gasteiger partial charge in [-0.1, -0.05) is 97.1 Å². The number of nitrogens with two attached hydrogens (primary N) is 1. The number of phenols is 1. The maximum atomic E-state index is 13.2. The van der Waals surface area contributed by atoms with Crippen molar-refractivity contribution in [3.8, 4) is 11.5 Å². The van der Waals surface area contributed by atoms with Crippen molar-refractivity contribution in [3.05, 3.63) is 47.0 Å². The van der Waals surface area contributed by atoms with Crippen molar-refractivity contribution >= 4 is 28.9 Å². The van der Waals surface area contributed by atoms with Crippen LogP contribution in [0.4, 0.5) is 11.4 Å². The van der Waals surface area contributed by atoms with Crippen LogP contribution in [0.2, 0.25) is 5.02 Å². The molecule has 2 rings (SSSR count). The maximum absolute atomic E-state index is 13.2. The van der Waals surface area contributed by atoms with Crippen LogP contribution in [0.3, 0.4) is 0 Å². The summed E-state index contributed by atoms with van der Waals surface area (Å²) in [5.74, 6) is 0.570. The molecule has 0 saturated heterocycles. The maximum Gasteiger partial charge on any atom is 0.265 e. The Morgan fingerprint density at radius 3 is 2.17 bits per heavy atom. The van der Waals surface area contributed by atoms with Gasteiger partial charge in [-0.05, 0) is 54.7 Å². The normalized spacial score (nSPS) is 12.4. The van der Waals surface area contributed by atoms with Gasteiger partial charge < -0.3 is 20.9 Å². The Morgan fingerprint density at radius 2 is 1.58 bits per heavy atom. The van der Waals surface area contributed by atoms with Crippen LogP contribution in [0.5, 0.6) is 11.5 Å². The van der Waals surface area contributed by atoms with Crippen LogP contribution in [0.1, 0.15) is 104 Å². The van der Waals surface area contributed by atoms with E-state index in [0.717, 1.165) is 18.4 Å². The molecule has 0 aliphatic rings. The molecule has 1 atom stereocenters. The van der Waals surface area contributed by atoms with Crippen LogP contribution in [-0.4, -0.2) is 17.1 Å². The van der Waals surface area contributed by atoms with Crippen molar-refractivity contribution < 1.29 is 14.6 Å². The van der Waals surface area contributed by atoms with Crippen molar-refractivity contribution in [2.45, 2.75) is 110 Å². The minimum absolute atomic E-state index is 0.224. The summed E-state index contributed by atoms with van der Waals surface area (Å²) in [6, 6.07) is 10.2. The third kappa shape index (κ3) is 10.3. The van der Waals surface area contributed by atoms with Crippen LogP contribution < -0.4 is 15.8 Å². The Kier molecular flexibility index (Phi) is 12.4. The summed E-state index contributed by atoms with van der Waals surface area (Å²) in [6.45, 7) is 8.34. The lowest BCUT2D eigenvalue weighted by atomic mass is 9.86. The van der Waals surface area contributed by atoms with Gasteiger partial charge in [-0.25, -0.2) is 0 Å². The second-order valence-corrected chi connectivity index (χ2v) is 11.1. The number of unbranched alkanes of at least 4 members (excludes halogenated alkanes) is 9. The SMILES string of the molecule is CCCCCCCCCCCCC(Oc1ccc(O)c(C(C)(C)C)c1)C(=O)Nc1ccc(Cl)c(N)c1. The number of anilines is 2. The number of hydrogen-bond donors (Lipinski definition) is 3. The quantitative estimate of drug-likeness (QED) is 0.163. The molecule has 0 fully saturated rings. The summed E-state index contributed by atoms with van der Waals surface area (Å²) in [6.07, 6.45) is 12.2. The second-order valence-electron chi connectivity index (χ2n) is 10.7. The lowest BCUT2D eigenvalue weighted by Crippen LogP contribution is -2.33. The number of amides is 1. The zero-order valence-electron chi connectivity index (χ0n) is 22.5. The third-order valence-corrected chi connectivity index (χ3v) is 6.77. The molecular formula is C30H45ClN2O3. The van der Waals surface area contributed by atoms with Gasteiger partial charge in [-0.2, -0.15) is 0 Å². The number of benzene rings is 2. The molecule has 0 spiro atoms. The van der Waals surface area contributed by atoms with Gasteiger partial charge in [0, 0.05) is 11.3 Å². The first-order valence-corrected chi connectivity index (χ1v) is 13.9. The monoisotopic (exact) mass is 516 g/mol. The fraction of sp³-hybridized carbons (Fsp3) is 0.567. The lowest BCUT2D eigenvalue weighted by Gasteiger charge is -2.23. The summed E-state index contributed by atoms with van der Waals surface area (Å²) < 4.78 is 6.20. The number of rotatable bonds is 15. The number of halogens is 1. The summed E-state index contributed by atoms with van der Waals surface area (Å²) in [5.41, 5.74) is 7.43. The number of nitrogen functional groups attached to an aromatic ring is 1. The molecule has 2 aromatic carbocycles. The number of ether oxygens (including phenoxy) is 1. The van der Waals surface area contributed by atoms with Crippen LogP contribution in [0, 0.1) is 0 Å². The van der Waals surface area contributed by atoms with Crippen molar-refractivity contribution in [1.29, 1.82) is 0 Å². The van der Waals surface area contributed by atoms with Crippen molar-refractivity contribution in [3.63, 3.8) is 0 Å². The molecular weight excluding hydrogens is 472 g/mol. The van der Waals surface area contributed by atoms with Gasteiger partial charge in [-0.15, -0.1) is 0 Å². The third-order valence-electron chi connectivity index (χ3n) is 6.43. The minimum atomic E-state index is -0.659. The van der Waals surface area contributed by atoms with Crippen LogP contribution in [-0.2, 0) is 10.2 Å². The highest BCUT2D eigenvalue weighted by Gasteiger charge is 2.23. The molecule has 0 aliphatic carbocycles. The highest BCUT2D eigenvalue weighted by atomic mass is 35.5. The van der Waals surface area contributed by atoms with Crippen LogP contribution in [0.25, 0.3) is 0 Å². The molecule has 1 unspecified atom stereocenters. The van der Waals surface area contributed by atoms with E-state index >= 15 is 0 Å². The average molecular weight is 517 g/mol. The van der Waals surface area contributed by atoms with E-state index in [-0.39, 0.29) is 17.1 Å². The Morgan fingerprint density at radius 1 is 0.972 bits per heavy atom. The summed E-state index contributed by atoms with van der Waals surface area (Å²) >= 11 is 6.02. The number of carbonyl (C=O) groups excluding carboxylic acids is 1. The van der Waals surface area contributed by atoms with Crippen molar-refractivity contribution in [1.82, 2.24) is 0 Å². The summed E-state index contributed by atoms with van der Waals surface area (Å²) in [5, 5.41) is 13.7. The van der Waals surface area contributed by atoms with Crippen LogP contribution >= 0.6 is 11.6 Å². The number of aromatic hydroxyl groups is 1. The van der Waals surface area contributed by atoms with Gasteiger partial charge in [0.25, 0.3) is 5.91 Å². The molecule has 4 N–H and O–H groups in total. The van der Waals surface area contributed by atoms with E-state index in [0.29, 0.717) is 28.6 Å². The molecule has 0 radical (unpaired) electrons. The van der Waals surface area contributed by atoms with E-state index < -0.39 is 6.10 Å². The fourth-order valence-electron chi connectivity index (χ4n) is 4.26. The van der Waals surface area contributed by atoms with Gasteiger partial charge >= 0.3 is 0 Å². The molecule has 0 heterocycles. The molecule has 200 valence electrons. The molecule has 0 saturated carbocycles. The predicted molar refractivity (Wildman–Crippen MR) is 152 cm³/mol. The predicted octanol–water partition coefficient (Wildman–Crippen LogP) is 8.62. The van der Waals surface area contributed by atoms with Gasteiger partial charge in [0.1, 0.15) is 11.5 Å². The molecule has 2 aromatic rings. The van der Waals surface area contributed by atoms with Crippen molar-refractivity contribution in [2.75, 3.05) is 11.1 Å². The molecule has 0 aliphatic heterocycles. The molecule has 36 heavy (non-hydrogen) atoms. The summed E-state index contributed by atoms with van der Waals surface area (Å²) in [7, 11) is 0. The molecule has 5 nitrogen and oxygen atoms in total. The minimum Gasteiger partial charge on any atom is -0.508 e. The first-order valence-electron chi connectivity index (χ1n) is 13.5.